The number of carbonyl (C=O) groups is 1. The molecule has 3 rings (SSSR count). The van der Waals surface area contributed by atoms with Gasteiger partial charge in [-0.25, -0.2) is 4.68 Å². The van der Waals surface area contributed by atoms with Crippen molar-refractivity contribution in [2.45, 2.75) is 19.8 Å². The molecule has 0 fully saturated rings. The molecule has 112 valence electrons. The van der Waals surface area contributed by atoms with Crippen LogP contribution in [0.1, 0.15) is 25.3 Å². The molecule has 4 nitrogen and oxygen atoms in total. The van der Waals surface area contributed by atoms with Crippen molar-refractivity contribution in [3.05, 3.63) is 60.3 Å². The van der Waals surface area contributed by atoms with Crippen LogP contribution in [0, 0.1) is 0 Å². The fourth-order valence-electron chi connectivity index (χ4n) is 2.42. The summed E-state index contributed by atoms with van der Waals surface area (Å²) in [6.45, 7) is 4.08. The van der Waals surface area contributed by atoms with Crippen LogP contribution in [0.2, 0.25) is 0 Å². The van der Waals surface area contributed by atoms with Crippen LogP contribution in [0.3, 0.4) is 0 Å². The maximum absolute atomic E-state index is 11.8. The molecule has 0 aliphatic rings. The van der Waals surface area contributed by atoms with Crippen LogP contribution in [-0.2, 0) is 9.53 Å². The van der Waals surface area contributed by atoms with E-state index in [1.54, 1.807) is 0 Å². The molecule has 0 saturated heterocycles. The predicted octanol–water partition coefficient (Wildman–Crippen LogP) is 3.69. The molecular formula is C18H18N2O2. The van der Waals surface area contributed by atoms with Crippen molar-refractivity contribution in [2.75, 3.05) is 6.61 Å². The Morgan fingerprint density at radius 1 is 1.18 bits per heavy atom. The predicted molar refractivity (Wildman–Crippen MR) is 86.1 cm³/mol. The van der Waals surface area contributed by atoms with Crippen LogP contribution < -0.4 is 0 Å². The standard InChI is InChI=1S/C18H18N2O2/c1-3-22-18(21)13(2)14-8-10-16(11-9-14)20-12-15-6-4-5-7-17(15)19-20/h4-13H,3H2,1-2H3/t13-/m0/s1. The van der Waals surface area contributed by atoms with Crippen LogP contribution in [-0.4, -0.2) is 22.4 Å². The molecule has 0 spiro atoms. The van der Waals surface area contributed by atoms with Crippen LogP contribution in [0.15, 0.2) is 54.7 Å². The highest BCUT2D eigenvalue weighted by Crippen LogP contribution is 2.20. The van der Waals surface area contributed by atoms with Gasteiger partial charge < -0.3 is 4.74 Å². The van der Waals surface area contributed by atoms with E-state index < -0.39 is 0 Å². The third kappa shape index (κ3) is 2.72. The van der Waals surface area contributed by atoms with Crippen molar-refractivity contribution >= 4 is 16.9 Å². The smallest absolute Gasteiger partial charge is 0.313 e. The van der Waals surface area contributed by atoms with Crippen LogP contribution >= 0.6 is 0 Å². The Labute approximate surface area is 129 Å². The minimum absolute atomic E-state index is 0.194. The second-order valence-electron chi connectivity index (χ2n) is 5.20. The normalized spacial score (nSPS) is 12.3. The molecule has 0 aliphatic heterocycles. The molecule has 1 atom stereocenters. The minimum Gasteiger partial charge on any atom is -0.466 e. The van der Waals surface area contributed by atoms with Gasteiger partial charge in [-0.2, -0.15) is 5.10 Å². The molecule has 22 heavy (non-hydrogen) atoms. The van der Waals surface area contributed by atoms with E-state index in [0.717, 1.165) is 22.2 Å². The highest BCUT2D eigenvalue weighted by molar-refractivity contribution is 5.79. The SMILES string of the molecule is CCOC(=O)[C@@H](C)c1ccc(-n2cc3ccccc3n2)cc1. The molecule has 0 N–H and O–H groups in total. The lowest BCUT2D eigenvalue weighted by molar-refractivity contribution is -0.144. The number of carbonyl (C=O) groups excluding carboxylic acids is 1. The van der Waals surface area contributed by atoms with Gasteiger partial charge in [-0.15, -0.1) is 0 Å². The van der Waals surface area contributed by atoms with Crippen molar-refractivity contribution in [1.29, 1.82) is 0 Å². The lowest BCUT2D eigenvalue weighted by atomic mass is 10.0. The first-order valence-electron chi connectivity index (χ1n) is 7.40. The number of hydrogen-bond donors (Lipinski definition) is 0. The summed E-state index contributed by atoms with van der Waals surface area (Å²) >= 11 is 0. The molecule has 4 heteroatoms. The number of ether oxygens (including phenoxy) is 1. The number of benzene rings is 2. The molecular weight excluding hydrogens is 276 g/mol. The molecule has 0 radical (unpaired) electrons. The zero-order valence-corrected chi connectivity index (χ0v) is 12.7. The summed E-state index contributed by atoms with van der Waals surface area (Å²) in [5, 5.41) is 5.65. The molecule has 0 bridgehead atoms. The van der Waals surface area contributed by atoms with Gasteiger partial charge in [0.1, 0.15) is 0 Å². The van der Waals surface area contributed by atoms with Crippen molar-refractivity contribution in [2.24, 2.45) is 0 Å². The van der Waals surface area contributed by atoms with Gasteiger partial charge >= 0.3 is 5.97 Å². The van der Waals surface area contributed by atoms with Gasteiger partial charge in [-0.3, -0.25) is 4.79 Å². The summed E-state index contributed by atoms with van der Waals surface area (Å²) in [5.74, 6) is -0.453. The van der Waals surface area contributed by atoms with E-state index >= 15 is 0 Å². The largest absolute Gasteiger partial charge is 0.466 e. The molecule has 0 amide bonds. The number of hydrogen-bond acceptors (Lipinski definition) is 3. The zero-order chi connectivity index (χ0) is 15.5. The van der Waals surface area contributed by atoms with Gasteiger partial charge in [-0.1, -0.05) is 30.3 Å². The van der Waals surface area contributed by atoms with Gasteiger partial charge in [0.2, 0.25) is 0 Å². The Morgan fingerprint density at radius 2 is 1.91 bits per heavy atom. The molecule has 0 aliphatic carbocycles. The van der Waals surface area contributed by atoms with Crippen molar-refractivity contribution < 1.29 is 9.53 Å². The fourth-order valence-corrected chi connectivity index (χ4v) is 2.42. The van der Waals surface area contributed by atoms with E-state index in [9.17, 15) is 4.79 Å². The third-order valence-corrected chi connectivity index (χ3v) is 3.71. The maximum Gasteiger partial charge on any atom is 0.313 e. The maximum atomic E-state index is 11.8. The fraction of sp³-hybridized carbons (Fsp3) is 0.222. The van der Waals surface area contributed by atoms with E-state index in [1.807, 2.05) is 73.3 Å². The van der Waals surface area contributed by atoms with Gasteiger partial charge in [0, 0.05) is 11.6 Å². The lowest BCUT2D eigenvalue weighted by Gasteiger charge is -2.11. The Hall–Kier alpha value is -2.62. The van der Waals surface area contributed by atoms with Crippen molar-refractivity contribution in [3.63, 3.8) is 0 Å². The lowest BCUT2D eigenvalue weighted by Crippen LogP contribution is -2.13. The highest BCUT2D eigenvalue weighted by Gasteiger charge is 2.16. The number of fused-ring (bicyclic) bond motifs is 1. The second kappa shape index (κ2) is 6.02. The van der Waals surface area contributed by atoms with E-state index in [-0.39, 0.29) is 11.9 Å². The minimum atomic E-state index is -0.259. The summed E-state index contributed by atoms with van der Waals surface area (Å²) < 4.78 is 6.91. The molecule has 1 aromatic heterocycles. The molecule has 0 saturated carbocycles. The molecule has 3 aromatic rings. The summed E-state index contributed by atoms with van der Waals surface area (Å²) in [4.78, 5) is 11.8. The van der Waals surface area contributed by atoms with Crippen molar-refractivity contribution in [3.8, 4) is 5.69 Å². The van der Waals surface area contributed by atoms with E-state index in [0.29, 0.717) is 6.61 Å². The van der Waals surface area contributed by atoms with Crippen LogP contribution in [0.25, 0.3) is 16.6 Å². The van der Waals surface area contributed by atoms with E-state index in [4.69, 9.17) is 4.74 Å². The Morgan fingerprint density at radius 3 is 2.59 bits per heavy atom. The van der Waals surface area contributed by atoms with Gasteiger partial charge in [-0.05, 0) is 37.6 Å². The van der Waals surface area contributed by atoms with E-state index in [2.05, 4.69) is 5.10 Å². The summed E-state index contributed by atoms with van der Waals surface area (Å²) in [6.07, 6.45) is 2.00. The number of aromatic nitrogens is 2. The first-order valence-corrected chi connectivity index (χ1v) is 7.40. The topological polar surface area (TPSA) is 44.1 Å². The quantitative estimate of drug-likeness (QED) is 0.689. The Balaban J connectivity index is 1.86. The highest BCUT2D eigenvalue weighted by atomic mass is 16.5. The summed E-state index contributed by atoms with van der Waals surface area (Å²) in [6, 6.07) is 15.8. The van der Waals surface area contributed by atoms with Gasteiger partial charge in [0.15, 0.2) is 0 Å². The van der Waals surface area contributed by atoms with Gasteiger partial charge in [0.05, 0.1) is 23.7 Å². The summed E-state index contributed by atoms with van der Waals surface area (Å²) in [5.41, 5.74) is 2.88. The number of esters is 1. The van der Waals surface area contributed by atoms with Crippen LogP contribution in [0.5, 0.6) is 0 Å². The Bertz CT molecular complexity index is 757. The van der Waals surface area contributed by atoms with Gasteiger partial charge in [0.25, 0.3) is 0 Å². The third-order valence-electron chi connectivity index (χ3n) is 3.71. The second-order valence-corrected chi connectivity index (χ2v) is 5.20. The zero-order valence-electron chi connectivity index (χ0n) is 12.7. The van der Waals surface area contributed by atoms with Crippen molar-refractivity contribution in [1.82, 2.24) is 9.78 Å². The first kappa shape index (κ1) is 14.3. The Kier molecular flexibility index (Phi) is 3.92. The monoisotopic (exact) mass is 294 g/mol. The van der Waals surface area contributed by atoms with E-state index in [1.165, 1.54) is 0 Å². The summed E-state index contributed by atoms with van der Waals surface area (Å²) in [7, 11) is 0. The molecule has 2 aromatic carbocycles. The number of nitrogens with zero attached hydrogens (tertiary/aromatic N) is 2. The average Bonchev–Trinajstić information content (AvgIpc) is 2.98. The van der Waals surface area contributed by atoms with Crippen LogP contribution in [0.4, 0.5) is 0 Å². The average molecular weight is 294 g/mol. The number of rotatable bonds is 4. The molecule has 0 unspecified atom stereocenters. The molecule has 1 heterocycles. The first-order chi connectivity index (χ1) is 10.7.